The van der Waals surface area contributed by atoms with Crippen LogP contribution in [0.3, 0.4) is 0 Å². The van der Waals surface area contributed by atoms with Crippen LogP contribution in [0.4, 0.5) is 0 Å². The van der Waals surface area contributed by atoms with Crippen molar-refractivity contribution in [3.8, 4) is 17.2 Å². The van der Waals surface area contributed by atoms with Crippen LogP contribution in [-0.2, 0) is 13.7 Å². The van der Waals surface area contributed by atoms with Crippen molar-refractivity contribution in [3.05, 3.63) is 72.3 Å². The highest BCUT2D eigenvalue weighted by molar-refractivity contribution is 5.93. The maximum atomic E-state index is 6.23. The lowest BCUT2D eigenvalue weighted by Crippen LogP contribution is -2.30. The zero-order valence-electron chi connectivity index (χ0n) is 15.7. The van der Waals surface area contributed by atoms with Crippen molar-refractivity contribution in [2.24, 2.45) is 7.05 Å². The molecule has 0 atom stereocenters. The molecule has 0 aliphatic rings. The minimum absolute atomic E-state index is 0.415. The first kappa shape index (κ1) is 17.2. The molecular weight excluding hydrogens is 338 g/mol. The van der Waals surface area contributed by atoms with Crippen LogP contribution in [0, 0.1) is 0 Å². The van der Waals surface area contributed by atoms with Crippen LogP contribution in [-0.4, -0.2) is 14.2 Å². The Bertz CT molecular complexity index is 1040. The first-order chi connectivity index (χ1) is 13.2. The molecule has 0 spiro atoms. The largest absolute Gasteiger partial charge is 0.493 e. The molecule has 0 saturated carbocycles. The van der Waals surface area contributed by atoms with E-state index in [4.69, 9.17) is 14.2 Å². The lowest BCUT2D eigenvalue weighted by molar-refractivity contribution is -0.617. The Labute approximate surface area is 158 Å². The normalized spacial score (nSPS) is 10.9. The first-order valence-corrected chi connectivity index (χ1v) is 8.86. The standard InChI is InChI=1S/C23H22NO3/c1-24-19-11-6-4-9-16(19)18(17-10-5-7-12-20(17)24)15-27-23-21(25-2)13-8-14-22(23)26-3/h4-14H,15H2,1-3H3/q+1. The van der Waals surface area contributed by atoms with E-state index in [9.17, 15) is 0 Å². The van der Waals surface area contributed by atoms with Crippen LogP contribution in [0.2, 0.25) is 0 Å². The van der Waals surface area contributed by atoms with Crippen molar-refractivity contribution in [2.75, 3.05) is 14.2 Å². The molecule has 0 fully saturated rings. The van der Waals surface area contributed by atoms with Crippen LogP contribution < -0.4 is 18.8 Å². The maximum Gasteiger partial charge on any atom is 0.213 e. The summed E-state index contributed by atoms with van der Waals surface area (Å²) >= 11 is 0. The predicted octanol–water partition coefficient (Wildman–Crippen LogP) is 4.41. The van der Waals surface area contributed by atoms with Crippen molar-refractivity contribution >= 4 is 21.8 Å². The Balaban J connectivity index is 1.86. The highest BCUT2D eigenvalue weighted by Crippen LogP contribution is 2.38. The average Bonchev–Trinajstić information content (AvgIpc) is 2.73. The topological polar surface area (TPSA) is 31.6 Å². The molecule has 1 aromatic heterocycles. The van der Waals surface area contributed by atoms with Gasteiger partial charge in [-0.3, -0.25) is 0 Å². The monoisotopic (exact) mass is 360 g/mol. The highest BCUT2D eigenvalue weighted by atomic mass is 16.5. The fraction of sp³-hybridized carbons (Fsp3) is 0.174. The van der Waals surface area contributed by atoms with Gasteiger partial charge in [-0.2, -0.15) is 4.57 Å². The summed E-state index contributed by atoms with van der Waals surface area (Å²) in [5, 5.41) is 2.35. The van der Waals surface area contributed by atoms with E-state index in [-0.39, 0.29) is 0 Å². The number of para-hydroxylation sites is 3. The maximum absolute atomic E-state index is 6.23. The number of methoxy groups -OCH3 is 2. The summed E-state index contributed by atoms with van der Waals surface area (Å²) in [5.41, 5.74) is 3.48. The van der Waals surface area contributed by atoms with Crippen LogP contribution in [0.25, 0.3) is 21.8 Å². The molecule has 0 N–H and O–H groups in total. The lowest BCUT2D eigenvalue weighted by Gasteiger charge is -2.15. The van der Waals surface area contributed by atoms with E-state index in [1.165, 1.54) is 21.8 Å². The summed E-state index contributed by atoms with van der Waals surface area (Å²) in [6.45, 7) is 0.415. The molecule has 0 radical (unpaired) electrons. The van der Waals surface area contributed by atoms with Gasteiger partial charge in [-0.15, -0.1) is 0 Å². The molecule has 27 heavy (non-hydrogen) atoms. The van der Waals surface area contributed by atoms with E-state index < -0.39 is 0 Å². The van der Waals surface area contributed by atoms with Gasteiger partial charge in [-0.1, -0.05) is 30.3 Å². The molecule has 0 saturated heterocycles. The Hall–Kier alpha value is -3.27. The van der Waals surface area contributed by atoms with Gasteiger partial charge in [0.2, 0.25) is 16.8 Å². The van der Waals surface area contributed by atoms with E-state index >= 15 is 0 Å². The van der Waals surface area contributed by atoms with Crippen LogP contribution in [0.5, 0.6) is 17.2 Å². The molecule has 136 valence electrons. The minimum atomic E-state index is 0.415. The molecule has 4 aromatic rings. The number of hydrogen-bond acceptors (Lipinski definition) is 3. The highest BCUT2D eigenvalue weighted by Gasteiger charge is 2.19. The Morgan fingerprint density at radius 2 is 1.22 bits per heavy atom. The second kappa shape index (κ2) is 7.16. The minimum Gasteiger partial charge on any atom is -0.493 e. The van der Waals surface area contributed by atoms with E-state index in [0.29, 0.717) is 23.9 Å². The number of pyridine rings is 1. The number of ether oxygens (including phenoxy) is 3. The Morgan fingerprint density at radius 1 is 0.704 bits per heavy atom. The predicted molar refractivity (Wildman–Crippen MR) is 107 cm³/mol. The summed E-state index contributed by atoms with van der Waals surface area (Å²) < 4.78 is 19.4. The number of nitrogens with zero attached hydrogens (tertiary/aromatic N) is 1. The average molecular weight is 360 g/mol. The quantitative estimate of drug-likeness (QED) is 0.390. The second-order valence-corrected chi connectivity index (χ2v) is 6.35. The summed E-state index contributed by atoms with van der Waals surface area (Å²) in [4.78, 5) is 0. The van der Waals surface area contributed by atoms with Crippen molar-refractivity contribution in [3.63, 3.8) is 0 Å². The molecule has 0 aliphatic heterocycles. The van der Waals surface area contributed by atoms with Crippen molar-refractivity contribution in [2.45, 2.75) is 6.61 Å². The number of hydrogen-bond donors (Lipinski definition) is 0. The van der Waals surface area contributed by atoms with Crippen molar-refractivity contribution < 1.29 is 18.8 Å². The SMILES string of the molecule is COc1cccc(OC)c1OCc1c2ccccc2[n+](C)c2ccccc12. The molecule has 0 bridgehead atoms. The number of aryl methyl sites for hydroxylation is 1. The molecule has 4 heteroatoms. The smallest absolute Gasteiger partial charge is 0.213 e. The van der Waals surface area contributed by atoms with E-state index in [2.05, 4.69) is 60.1 Å². The zero-order chi connectivity index (χ0) is 18.8. The van der Waals surface area contributed by atoms with Gasteiger partial charge in [-0.05, 0) is 24.3 Å². The van der Waals surface area contributed by atoms with Gasteiger partial charge in [0.1, 0.15) is 13.7 Å². The molecule has 4 rings (SSSR count). The summed E-state index contributed by atoms with van der Waals surface area (Å²) in [6.07, 6.45) is 0. The number of rotatable bonds is 5. The van der Waals surface area contributed by atoms with Crippen LogP contribution >= 0.6 is 0 Å². The van der Waals surface area contributed by atoms with Crippen LogP contribution in [0.1, 0.15) is 5.56 Å². The van der Waals surface area contributed by atoms with Crippen LogP contribution in [0.15, 0.2) is 66.7 Å². The number of benzene rings is 3. The van der Waals surface area contributed by atoms with Crippen molar-refractivity contribution in [1.82, 2.24) is 0 Å². The molecule has 1 heterocycles. The molecule has 3 aromatic carbocycles. The third-order valence-electron chi connectivity index (χ3n) is 4.92. The van der Waals surface area contributed by atoms with Gasteiger partial charge < -0.3 is 14.2 Å². The first-order valence-electron chi connectivity index (χ1n) is 8.86. The van der Waals surface area contributed by atoms with E-state index in [1.807, 2.05) is 18.2 Å². The molecule has 0 amide bonds. The zero-order valence-corrected chi connectivity index (χ0v) is 15.7. The third-order valence-corrected chi connectivity index (χ3v) is 4.92. The van der Waals surface area contributed by atoms with Gasteiger partial charge in [0, 0.05) is 17.7 Å². The summed E-state index contributed by atoms with van der Waals surface area (Å²) in [6, 6.07) is 22.4. The summed E-state index contributed by atoms with van der Waals surface area (Å²) in [7, 11) is 5.36. The van der Waals surface area contributed by atoms with Crippen molar-refractivity contribution in [1.29, 1.82) is 0 Å². The molecule has 4 nitrogen and oxygen atoms in total. The number of fused-ring (bicyclic) bond motifs is 2. The fourth-order valence-electron chi connectivity index (χ4n) is 3.58. The molecule has 0 unspecified atom stereocenters. The van der Waals surface area contributed by atoms with Gasteiger partial charge >= 0.3 is 0 Å². The number of aromatic nitrogens is 1. The van der Waals surface area contributed by atoms with Gasteiger partial charge in [0.05, 0.1) is 25.0 Å². The Kier molecular flexibility index (Phi) is 4.55. The van der Waals surface area contributed by atoms with Gasteiger partial charge in [-0.25, -0.2) is 0 Å². The fourth-order valence-corrected chi connectivity index (χ4v) is 3.58. The second-order valence-electron chi connectivity index (χ2n) is 6.35. The lowest BCUT2D eigenvalue weighted by atomic mass is 10.0. The van der Waals surface area contributed by atoms with E-state index in [1.54, 1.807) is 14.2 Å². The Morgan fingerprint density at radius 3 is 1.74 bits per heavy atom. The molecule has 0 aliphatic carbocycles. The third kappa shape index (κ3) is 2.93. The van der Waals surface area contributed by atoms with E-state index in [0.717, 1.165) is 5.56 Å². The summed E-state index contributed by atoms with van der Waals surface area (Å²) in [5.74, 6) is 1.93. The van der Waals surface area contributed by atoms with Gasteiger partial charge in [0.15, 0.2) is 11.5 Å². The molecular formula is C23H22NO3+. The van der Waals surface area contributed by atoms with Gasteiger partial charge in [0.25, 0.3) is 0 Å².